The van der Waals surface area contributed by atoms with Gasteiger partial charge in [-0.1, -0.05) is 6.07 Å². The van der Waals surface area contributed by atoms with E-state index >= 15 is 0 Å². The SMILES string of the molecule is O=C(c1ccco1)N1C[C@@H]2CN(c3ccccn3)C[C@@H]2C1. The molecule has 1 amide bonds. The van der Waals surface area contributed by atoms with E-state index in [-0.39, 0.29) is 5.91 Å². The van der Waals surface area contributed by atoms with Crippen LogP contribution in [0.3, 0.4) is 0 Å². The fraction of sp³-hybridized carbons (Fsp3) is 0.375. The van der Waals surface area contributed by atoms with Crippen molar-refractivity contribution in [3.05, 3.63) is 48.6 Å². The molecular formula is C16H17N3O2. The lowest BCUT2D eigenvalue weighted by molar-refractivity contribution is 0.0751. The summed E-state index contributed by atoms with van der Waals surface area (Å²) in [6.45, 7) is 3.58. The molecule has 2 aromatic heterocycles. The van der Waals surface area contributed by atoms with Crippen molar-refractivity contribution in [3.8, 4) is 0 Å². The Hall–Kier alpha value is -2.30. The molecule has 2 atom stereocenters. The topological polar surface area (TPSA) is 49.6 Å². The Balaban J connectivity index is 1.43. The highest BCUT2D eigenvalue weighted by Crippen LogP contribution is 2.33. The van der Waals surface area contributed by atoms with Gasteiger partial charge in [-0.15, -0.1) is 0 Å². The van der Waals surface area contributed by atoms with Gasteiger partial charge in [-0.3, -0.25) is 4.79 Å². The molecule has 0 aliphatic carbocycles. The number of carbonyl (C=O) groups is 1. The van der Waals surface area contributed by atoms with E-state index in [9.17, 15) is 4.79 Å². The zero-order chi connectivity index (χ0) is 14.2. The molecule has 4 heterocycles. The predicted molar refractivity (Wildman–Crippen MR) is 78.0 cm³/mol. The van der Waals surface area contributed by atoms with Gasteiger partial charge in [0.1, 0.15) is 5.82 Å². The van der Waals surface area contributed by atoms with Crippen LogP contribution in [-0.2, 0) is 0 Å². The number of hydrogen-bond acceptors (Lipinski definition) is 4. The smallest absolute Gasteiger partial charge is 0.289 e. The van der Waals surface area contributed by atoms with Crippen molar-refractivity contribution in [1.82, 2.24) is 9.88 Å². The lowest BCUT2D eigenvalue weighted by atomic mass is 10.0. The lowest BCUT2D eigenvalue weighted by Gasteiger charge is -2.21. The largest absolute Gasteiger partial charge is 0.459 e. The molecule has 21 heavy (non-hydrogen) atoms. The van der Waals surface area contributed by atoms with Gasteiger partial charge in [-0.05, 0) is 24.3 Å². The molecule has 2 aromatic rings. The Bertz CT molecular complexity index is 612. The second kappa shape index (κ2) is 4.91. The molecule has 2 saturated heterocycles. The Labute approximate surface area is 123 Å². The van der Waals surface area contributed by atoms with E-state index in [1.165, 1.54) is 0 Å². The van der Waals surface area contributed by atoms with Crippen LogP contribution in [0, 0.1) is 11.8 Å². The van der Waals surface area contributed by atoms with E-state index < -0.39 is 0 Å². The zero-order valence-electron chi connectivity index (χ0n) is 11.7. The summed E-state index contributed by atoms with van der Waals surface area (Å²) in [5.41, 5.74) is 0. The van der Waals surface area contributed by atoms with E-state index in [0.29, 0.717) is 17.6 Å². The fourth-order valence-electron chi connectivity index (χ4n) is 3.44. The first-order valence-corrected chi connectivity index (χ1v) is 7.30. The molecule has 0 unspecified atom stereocenters. The first-order chi connectivity index (χ1) is 10.3. The van der Waals surface area contributed by atoms with Gasteiger partial charge in [0.05, 0.1) is 6.26 Å². The Morgan fingerprint density at radius 1 is 1.10 bits per heavy atom. The van der Waals surface area contributed by atoms with Gasteiger partial charge < -0.3 is 14.2 Å². The maximum absolute atomic E-state index is 12.3. The van der Waals surface area contributed by atoms with Crippen LogP contribution in [0.25, 0.3) is 0 Å². The zero-order valence-corrected chi connectivity index (χ0v) is 11.7. The van der Waals surface area contributed by atoms with Crippen LogP contribution >= 0.6 is 0 Å². The standard InChI is InChI=1S/C16H17N3O2/c20-16(14-4-3-7-21-14)19-10-12-8-18(9-13(12)11-19)15-5-1-2-6-17-15/h1-7,12-13H,8-11H2/t12-,13+. The Kier molecular flexibility index (Phi) is 2.91. The number of likely N-dealkylation sites (tertiary alicyclic amines) is 1. The van der Waals surface area contributed by atoms with Crippen molar-refractivity contribution in [1.29, 1.82) is 0 Å². The van der Waals surface area contributed by atoms with Crippen molar-refractivity contribution in [2.24, 2.45) is 11.8 Å². The second-order valence-electron chi connectivity index (χ2n) is 5.80. The van der Waals surface area contributed by atoms with Gasteiger partial charge in [0.15, 0.2) is 5.76 Å². The summed E-state index contributed by atoms with van der Waals surface area (Å²) in [5, 5.41) is 0. The average Bonchev–Trinajstić information content (AvgIpc) is 3.23. The molecule has 5 heteroatoms. The molecule has 108 valence electrons. The molecule has 0 saturated carbocycles. The van der Waals surface area contributed by atoms with Gasteiger partial charge in [0, 0.05) is 44.2 Å². The van der Waals surface area contributed by atoms with Crippen molar-refractivity contribution in [3.63, 3.8) is 0 Å². The molecule has 0 aromatic carbocycles. The van der Waals surface area contributed by atoms with Crippen molar-refractivity contribution >= 4 is 11.7 Å². The normalized spacial score (nSPS) is 24.4. The molecule has 5 nitrogen and oxygen atoms in total. The Morgan fingerprint density at radius 2 is 1.90 bits per heavy atom. The monoisotopic (exact) mass is 283 g/mol. The molecule has 0 radical (unpaired) electrons. The summed E-state index contributed by atoms with van der Waals surface area (Å²) in [6.07, 6.45) is 3.38. The number of amides is 1. The Morgan fingerprint density at radius 3 is 2.52 bits per heavy atom. The number of fused-ring (bicyclic) bond motifs is 1. The number of furan rings is 1. The van der Waals surface area contributed by atoms with Crippen LogP contribution in [0.5, 0.6) is 0 Å². The quantitative estimate of drug-likeness (QED) is 0.844. The molecule has 2 aliphatic rings. The second-order valence-corrected chi connectivity index (χ2v) is 5.80. The van der Waals surface area contributed by atoms with Crippen LogP contribution in [0.15, 0.2) is 47.2 Å². The van der Waals surface area contributed by atoms with Crippen LogP contribution < -0.4 is 4.90 Å². The molecule has 2 fully saturated rings. The number of aromatic nitrogens is 1. The molecule has 0 bridgehead atoms. The summed E-state index contributed by atoms with van der Waals surface area (Å²) in [7, 11) is 0. The summed E-state index contributed by atoms with van der Waals surface area (Å²) >= 11 is 0. The fourth-order valence-corrected chi connectivity index (χ4v) is 3.44. The maximum atomic E-state index is 12.3. The van der Waals surface area contributed by atoms with E-state index in [4.69, 9.17) is 4.42 Å². The molecular weight excluding hydrogens is 266 g/mol. The lowest BCUT2D eigenvalue weighted by Crippen LogP contribution is -2.33. The third kappa shape index (κ3) is 2.18. The minimum Gasteiger partial charge on any atom is -0.459 e. The number of carbonyl (C=O) groups excluding carboxylic acids is 1. The molecule has 0 spiro atoms. The first-order valence-electron chi connectivity index (χ1n) is 7.30. The first kappa shape index (κ1) is 12.4. The van der Waals surface area contributed by atoms with Crippen molar-refractivity contribution in [2.45, 2.75) is 0 Å². The van der Waals surface area contributed by atoms with Gasteiger partial charge in [-0.25, -0.2) is 4.98 Å². The number of pyridine rings is 1. The number of rotatable bonds is 2. The van der Waals surface area contributed by atoms with E-state index in [1.54, 1.807) is 18.4 Å². The minimum absolute atomic E-state index is 0.0128. The van der Waals surface area contributed by atoms with Crippen LogP contribution in [0.1, 0.15) is 10.6 Å². The highest BCUT2D eigenvalue weighted by Gasteiger charge is 2.42. The van der Waals surface area contributed by atoms with Crippen LogP contribution in [0.2, 0.25) is 0 Å². The minimum atomic E-state index is 0.0128. The van der Waals surface area contributed by atoms with Crippen molar-refractivity contribution < 1.29 is 9.21 Å². The van der Waals surface area contributed by atoms with E-state index in [2.05, 4.69) is 9.88 Å². The van der Waals surface area contributed by atoms with Crippen LogP contribution in [-0.4, -0.2) is 42.0 Å². The number of nitrogens with zero attached hydrogens (tertiary/aromatic N) is 3. The molecule has 2 aliphatic heterocycles. The summed E-state index contributed by atoms with van der Waals surface area (Å²) in [6, 6.07) is 9.49. The highest BCUT2D eigenvalue weighted by atomic mass is 16.3. The third-order valence-electron chi connectivity index (χ3n) is 4.48. The predicted octanol–water partition coefficient (Wildman–Crippen LogP) is 1.88. The summed E-state index contributed by atoms with van der Waals surface area (Å²) < 4.78 is 5.21. The summed E-state index contributed by atoms with van der Waals surface area (Å²) in [5.74, 6) is 2.56. The van der Waals surface area contributed by atoms with Crippen molar-refractivity contribution in [2.75, 3.05) is 31.1 Å². The molecule has 0 N–H and O–H groups in total. The molecule has 4 rings (SSSR count). The third-order valence-corrected chi connectivity index (χ3v) is 4.48. The van der Waals surface area contributed by atoms with Crippen LogP contribution in [0.4, 0.5) is 5.82 Å². The number of anilines is 1. The van der Waals surface area contributed by atoms with Gasteiger partial charge >= 0.3 is 0 Å². The summed E-state index contributed by atoms with van der Waals surface area (Å²) in [4.78, 5) is 21.0. The number of hydrogen-bond donors (Lipinski definition) is 0. The van der Waals surface area contributed by atoms with E-state index in [1.807, 2.05) is 29.3 Å². The van der Waals surface area contributed by atoms with Gasteiger partial charge in [0.2, 0.25) is 0 Å². The maximum Gasteiger partial charge on any atom is 0.289 e. The van der Waals surface area contributed by atoms with Gasteiger partial charge in [-0.2, -0.15) is 0 Å². The van der Waals surface area contributed by atoms with E-state index in [0.717, 1.165) is 32.0 Å². The average molecular weight is 283 g/mol. The highest BCUT2D eigenvalue weighted by molar-refractivity contribution is 5.91. The van der Waals surface area contributed by atoms with Gasteiger partial charge in [0.25, 0.3) is 5.91 Å².